The molecule has 0 fully saturated rings. The van der Waals surface area contributed by atoms with Gasteiger partial charge in [-0.15, -0.1) is 0 Å². The van der Waals surface area contributed by atoms with Crippen molar-refractivity contribution in [1.82, 2.24) is 5.32 Å². The van der Waals surface area contributed by atoms with Gasteiger partial charge in [0.2, 0.25) is 5.91 Å². The highest BCUT2D eigenvalue weighted by molar-refractivity contribution is 5.88. The molecule has 1 aliphatic rings. The Morgan fingerprint density at radius 1 is 1.20 bits per heavy atom. The van der Waals surface area contributed by atoms with Crippen molar-refractivity contribution in [3.63, 3.8) is 0 Å². The van der Waals surface area contributed by atoms with E-state index < -0.39 is 0 Å². The maximum absolute atomic E-state index is 11.6. The third-order valence-corrected chi connectivity index (χ3v) is 4.68. The molecule has 0 aliphatic heterocycles. The van der Waals surface area contributed by atoms with E-state index in [0.717, 1.165) is 18.5 Å². The minimum Gasteiger partial charge on any atom is -0.353 e. The summed E-state index contributed by atoms with van der Waals surface area (Å²) < 4.78 is 0. The second kappa shape index (κ2) is 10.2. The highest BCUT2D eigenvalue weighted by Gasteiger charge is 2.26. The molecule has 0 unspecified atom stereocenters. The molecule has 2 nitrogen and oxygen atoms in total. The summed E-state index contributed by atoms with van der Waals surface area (Å²) in [4.78, 5) is 11.6. The lowest BCUT2D eigenvalue weighted by Crippen LogP contribution is -2.21. The van der Waals surface area contributed by atoms with Crippen LogP contribution in [-0.4, -0.2) is 12.5 Å². The summed E-state index contributed by atoms with van der Waals surface area (Å²) in [5.74, 6) is -0.0217. The molecule has 0 radical (unpaired) electrons. The molecule has 0 aromatic carbocycles. The number of nitrogens with one attached hydrogen (secondary N) is 1. The van der Waals surface area contributed by atoms with Crippen molar-refractivity contribution in [2.75, 3.05) is 6.54 Å². The monoisotopic (exact) mass is 341 g/mol. The third kappa shape index (κ3) is 7.72. The molecular formula is C23H35NO. The van der Waals surface area contributed by atoms with Gasteiger partial charge in [-0.3, -0.25) is 4.79 Å². The van der Waals surface area contributed by atoms with Crippen LogP contribution in [0.1, 0.15) is 67.2 Å². The molecule has 0 aromatic heterocycles. The van der Waals surface area contributed by atoms with Gasteiger partial charge in [0.25, 0.3) is 0 Å². The zero-order valence-electron chi connectivity index (χ0n) is 16.9. The Morgan fingerprint density at radius 2 is 1.92 bits per heavy atom. The maximum atomic E-state index is 11.6. The highest BCUT2D eigenvalue weighted by Crippen LogP contribution is 2.40. The normalized spacial score (nSPS) is 19.1. The zero-order valence-corrected chi connectivity index (χ0v) is 16.9. The number of amides is 1. The van der Waals surface area contributed by atoms with Crippen LogP contribution < -0.4 is 5.32 Å². The first kappa shape index (κ1) is 21.2. The van der Waals surface area contributed by atoms with Gasteiger partial charge in [-0.1, -0.05) is 62.3 Å². The molecule has 0 saturated carbocycles. The molecule has 2 heteroatoms. The van der Waals surface area contributed by atoms with Gasteiger partial charge >= 0.3 is 0 Å². The van der Waals surface area contributed by atoms with Crippen LogP contribution in [0.4, 0.5) is 0 Å². The molecule has 1 aliphatic carbocycles. The largest absolute Gasteiger partial charge is 0.353 e. The van der Waals surface area contributed by atoms with Crippen LogP contribution in [0.25, 0.3) is 0 Å². The molecule has 0 heterocycles. The Balaban J connectivity index is 2.69. The average molecular weight is 342 g/mol. The fourth-order valence-corrected chi connectivity index (χ4v) is 3.19. The van der Waals surface area contributed by atoms with Crippen molar-refractivity contribution in [1.29, 1.82) is 0 Å². The first-order chi connectivity index (χ1) is 11.8. The van der Waals surface area contributed by atoms with Crippen LogP contribution in [0.2, 0.25) is 0 Å². The smallest absolute Gasteiger partial charge is 0.244 e. The Hall–Kier alpha value is -1.83. The molecule has 25 heavy (non-hydrogen) atoms. The minimum absolute atomic E-state index is 0.0217. The summed E-state index contributed by atoms with van der Waals surface area (Å²) in [6, 6.07) is 0. The quantitative estimate of drug-likeness (QED) is 0.443. The fraction of sp³-hybridized carbons (Fsp3) is 0.522. The van der Waals surface area contributed by atoms with Crippen LogP contribution in [0, 0.1) is 5.41 Å². The highest BCUT2D eigenvalue weighted by atomic mass is 16.1. The van der Waals surface area contributed by atoms with Crippen LogP contribution >= 0.6 is 0 Å². The molecule has 0 spiro atoms. The predicted molar refractivity (Wildman–Crippen MR) is 109 cm³/mol. The van der Waals surface area contributed by atoms with Gasteiger partial charge in [0, 0.05) is 12.6 Å². The van der Waals surface area contributed by atoms with Gasteiger partial charge in [0.05, 0.1) is 0 Å². The second-order valence-electron chi connectivity index (χ2n) is 7.71. The molecule has 0 atom stereocenters. The topological polar surface area (TPSA) is 29.1 Å². The summed E-state index contributed by atoms with van der Waals surface area (Å²) in [7, 11) is 0. The van der Waals surface area contributed by atoms with Gasteiger partial charge in [0.1, 0.15) is 0 Å². The third-order valence-electron chi connectivity index (χ3n) is 4.68. The zero-order chi connectivity index (χ0) is 18.9. The summed E-state index contributed by atoms with van der Waals surface area (Å²) in [5, 5.41) is 2.85. The molecule has 0 bridgehead atoms. The molecule has 0 aromatic rings. The Morgan fingerprint density at radius 3 is 2.56 bits per heavy atom. The van der Waals surface area contributed by atoms with Crippen molar-refractivity contribution < 1.29 is 4.79 Å². The number of hydrogen-bond acceptors (Lipinski definition) is 1. The number of carbonyl (C=O) groups excluding carboxylic acids is 1. The lowest BCUT2D eigenvalue weighted by Gasteiger charge is -2.32. The SMILES string of the molecule is CCCNC(=O)C=C(C)C=CC=C(C)C=CC1=C(C)CCCC1(C)C. The lowest BCUT2D eigenvalue weighted by molar-refractivity contribution is -0.116. The van der Waals surface area contributed by atoms with Gasteiger partial charge in [-0.05, 0) is 63.0 Å². The van der Waals surface area contributed by atoms with Crippen molar-refractivity contribution in [3.8, 4) is 0 Å². The first-order valence-electron chi connectivity index (χ1n) is 9.45. The fourth-order valence-electron chi connectivity index (χ4n) is 3.19. The van der Waals surface area contributed by atoms with Crippen molar-refractivity contribution in [2.24, 2.45) is 5.41 Å². The molecular weight excluding hydrogens is 306 g/mol. The van der Waals surface area contributed by atoms with Crippen molar-refractivity contribution in [3.05, 3.63) is 58.7 Å². The molecule has 138 valence electrons. The minimum atomic E-state index is -0.0217. The number of allylic oxidation sites excluding steroid dienone is 9. The van der Waals surface area contributed by atoms with Crippen LogP contribution in [-0.2, 0) is 4.79 Å². The van der Waals surface area contributed by atoms with E-state index in [9.17, 15) is 4.79 Å². The van der Waals surface area contributed by atoms with Crippen LogP contribution in [0.15, 0.2) is 58.7 Å². The van der Waals surface area contributed by atoms with E-state index in [0.29, 0.717) is 0 Å². The first-order valence-corrected chi connectivity index (χ1v) is 9.45. The standard InChI is InChI=1S/C23H35NO/c1-7-16-24-22(25)17-19(3)11-8-10-18(2)13-14-21-20(4)12-9-15-23(21,5)6/h8,10-11,13-14,17H,7,9,12,15-16H2,1-6H3,(H,24,25). The summed E-state index contributed by atoms with van der Waals surface area (Å²) in [5.41, 5.74) is 5.45. The van der Waals surface area contributed by atoms with Crippen molar-refractivity contribution >= 4 is 5.91 Å². The van der Waals surface area contributed by atoms with Crippen LogP contribution in [0.5, 0.6) is 0 Å². The summed E-state index contributed by atoms with van der Waals surface area (Å²) >= 11 is 0. The van der Waals surface area contributed by atoms with E-state index in [-0.39, 0.29) is 11.3 Å². The van der Waals surface area contributed by atoms with E-state index in [2.05, 4.69) is 51.2 Å². The number of hydrogen-bond donors (Lipinski definition) is 1. The van der Waals surface area contributed by atoms with E-state index in [1.807, 2.05) is 26.0 Å². The lowest BCUT2D eigenvalue weighted by atomic mass is 9.72. The second-order valence-corrected chi connectivity index (χ2v) is 7.71. The average Bonchev–Trinajstić information content (AvgIpc) is 2.51. The Bertz CT molecular complexity index is 612. The van der Waals surface area contributed by atoms with Gasteiger partial charge in [-0.25, -0.2) is 0 Å². The molecule has 1 rings (SSSR count). The Kier molecular flexibility index (Phi) is 8.68. The van der Waals surface area contributed by atoms with Gasteiger partial charge in [-0.2, -0.15) is 0 Å². The number of rotatable bonds is 7. The summed E-state index contributed by atoms with van der Waals surface area (Å²) in [6.07, 6.45) is 16.9. The number of carbonyl (C=O) groups is 1. The van der Waals surface area contributed by atoms with E-state index >= 15 is 0 Å². The maximum Gasteiger partial charge on any atom is 0.244 e. The van der Waals surface area contributed by atoms with Crippen molar-refractivity contribution in [2.45, 2.75) is 67.2 Å². The van der Waals surface area contributed by atoms with Gasteiger partial charge < -0.3 is 5.32 Å². The molecule has 1 N–H and O–H groups in total. The Labute approximate surface area is 154 Å². The predicted octanol–water partition coefficient (Wildman–Crippen LogP) is 6.04. The van der Waals surface area contributed by atoms with Crippen LogP contribution in [0.3, 0.4) is 0 Å². The summed E-state index contributed by atoms with van der Waals surface area (Å²) in [6.45, 7) is 13.8. The van der Waals surface area contributed by atoms with E-state index in [4.69, 9.17) is 0 Å². The van der Waals surface area contributed by atoms with E-state index in [1.54, 1.807) is 6.08 Å². The van der Waals surface area contributed by atoms with Gasteiger partial charge in [0.15, 0.2) is 0 Å². The van der Waals surface area contributed by atoms with E-state index in [1.165, 1.54) is 36.0 Å². The molecule has 1 amide bonds. The molecule has 0 saturated heterocycles.